The Bertz CT molecular complexity index is 911. The number of oxazole rings is 1. The van der Waals surface area contributed by atoms with Crippen LogP contribution in [0.5, 0.6) is 0 Å². The number of fused-ring (bicyclic) bond motifs is 7. The van der Waals surface area contributed by atoms with Crippen LogP contribution in [0.3, 0.4) is 0 Å². The molecule has 0 radical (unpaired) electrons. The van der Waals surface area contributed by atoms with Crippen LogP contribution in [0.4, 0.5) is 0 Å². The maximum Gasteiger partial charge on any atom is 0.202 e. The standard InChI is InChI=1S/C26H35NO3/c1-14-15(2)30-24(27-14)12-23(28)21-7-6-20-18-4-5-19-17(9-11-26(29)13-22(19)26)16(18)8-10-25(20,21)3/h5,16-18,20-22,29H,4,6-13H2,1-3H3/t16-,17-,18-,20+,21-,22?,25+,26+/m1/s1. The van der Waals surface area contributed by atoms with Crippen molar-refractivity contribution in [2.24, 2.45) is 40.9 Å². The molecule has 0 saturated heterocycles. The highest BCUT2D eigenvalue weighted by molar-refractivity contribution is 5.83. The maximum absolute atomic E-state index is 13.3. The van der Waals surface area contributed by atoms with E-state index in [-0.39, 0.29) is 16.9 Å². The largest absolute Gasteiger partial charge is 0.445 e. The number of allylic oxidation sites excluding steroid dienone is 1. The van der Waals surface area contributed by atoms with Gasteiger partial charge in [-0.3, -0.25) is 4.79 Å². The SMILES string of the molecule is Cc1nc(CC(=O)[C@H]2CC[C@H]3[C@@H]4CC=C5C6C[C@@]6(O)CC[C@@H]5[C@H]4CC[C@]23C)oc1C. The summed E-state index contributed by atoms with van der Waals surface area (Å²) >= 11 is 0. The monoisotopic (exact) mass is 409 g/mol. The van der Waals surface area contributed by atoms with Gasteiger partial charge in [0.05, 0.1) is 17.7 Å². The van der Waals surface area contributed by atoms with E-state index < -0.39 is 0 Å². The minimum atomic E-state index is -0.347. The molecule has 1 aromatic rings. The molecule has 8 atom stereocenters. The van der Waals surface area contributed by atoms with E-state index in [9.17, 15) is 9.90 Å². The molecule has 0 aliphatic heterocycles. The lowest BCUT2D eigenvalue weighted by Crippen LogP contribution is -2.47. The highest BCUT2D eigenvalue weighted by atomic mass is 16.4. The molecule has 5 aliphatic carbocycles. The summed E-state index contributed by atoms with van der Waals surface area (Å²) in [6.07, 6.45) is 11.9. The van der Waals surface area contributed by atoms with Gasteiger partial charge in [0.1, 0.15) is 11.5 Å². The summed E-state index contributed by atoms with van der Waals surface area (Å²) in [5.74, 6) is 5.26. The Morgan fingerprint density at radius 3 is 2.80 bits per heavy atom. The first-order chi connectivity index (χ1) is 14.3. The first-order valence-corrected chi connectivity index (χ1v) is 12.2. The summed E-state index contributed by atoms with van der Waals surface area (Å²) in [7, 11) is 0. The predicted molar refractivity (Wildman–Crippen MR) is 114 cm³/mol. The average Bonchev–Trinajstić information content (AvgIpc) is 3.13. The zero-order valence-electron chi connectivity index (χ0n) is 18.6. The summed E-state index contributed by atoms with van der Waals surface area (Å²) in [6, 6.07) is 0. The third kappa shape index (κ3) is 2.61. The number of hydrogen-bond acceptors (Lipinski definition) is 4. The highest BCUT2D eigenvalue weighted by Crippen LogP contribution is 2.67. The molecule has 4 heteroatoms. The second-order valence-corrected chi connectivity index (χ2v) is 11.4. The molecule has 5 aliphatic rings. The molecular weight excluding hydrogens is 374 g/mol. The van der Waals surface area contributed by atoms with Crippen LogP contribution in [0.15, 0.2) is 16.1 Å². The number of carbonyl (C=O) groups is 1. The summed E-state index contributed by atoms with van der Waals surface area (Å²) in [5.41, 5.74) is 2.29. The van der Waals surface area contributed by atoms with Crippen molar-refractivity contribution in [1.29, 1.82) is 0 Å². The first kappa shape index (κ1) is 19.3. The number of Topliss-reactive ketones (excluding diaryl/α,β-unsaturated/α-hetero) is 1. The molecule has 4 fully saturated rings. The van der Waals surface area contributed by atoms with Gasteiger partial charge in [-0.1, -0.05) is 18.6 Å². The number of carbonyl (C=O) groups excluding carboxylic acids is 1. The Labute approximate surface area is 179 Å². The van der Waals surface area contributed by atoms with Gasteiger partial charge >= 0.3 is 0 Å². The van der Waals surface area contributed by atoms with Crippen LogP contribution < -0.4 is 0 Å². The highest BCUT2D eigenvalue weighted by Gasteiger charge is 2.63. The number of hydrogen-bond donors (Lipinski definition) is 1. The Kier molecular flexibility index (Phi) is 4.05. The van der Waals surface area contributed by atoms with E-state index in [0.717, 1.165) is 42.6 Å². The second kappa shape index (κ2) is 6.31. The van der Waals surface area contributed by atoms with Gasteiger partial charge < -0.3 is 9.52 Å². The van der Waals surface area contributed by atoms with E-state index in [1.165, 1.54) is 32.1 Å². The molecule has 4 saturated carbocycles. The fraction of sp³-hybridized carbons (Fsp3) is 0.769. The molecular formula is C26H35NO3. The minimum Gasteiger partial charge on any atom is -0.445 e. The Balaban J connectivity index is 1.22. The molecule has 1 heterocycles. The fourth-order valence-corrected chi connectivity index (χ4v) is 8.43. The van der Waals surface area contributed by atoms with Gasteiger partial charge in [-0.15, -0.1) is 0 Å². The topological polar surface area (TPSA) is 63.3 Å². The van der Waals surface area contributed by atoms with Crippen LogP contribution in [-0.2, 0) is 11.2 Å². The number of aliphatic hydroxyl groups is 1. The quantitative estimate of drug-likeness (QED) is 0.717. The average molecular weight is 410 g/mol. The Morgan fingerprint density at radius 2 is 2.03 bits per heavy atom. The molecule has 0 bridgehead atoms. The number of aryl methyl sites for hydroxylation is 2. The van der Waals surface area contributed by atoms with Gasteiger partial charge in [0.25, 0.3) is 0 Å². The maximum atomic E-state index is 13.3. The second-order valence-electron chi connectivity index (χ2n) is 11.4. The zero-order chi connectivity index (χ0) is 20.8. The Hall–Kier alpha value is -1.42. The number of ketones is 1. The number of nitrogens with zero attached hydrogens (tertiary/aromatic N) is 1. The van der Waals surface area contributed by atoms with Crippen LogP contribution in [0.2, 0.25) is 0 Å². The van der Waals surface area contributed by atoms with Gasteiger partial charge in [-0.05, 0) is 94.3 Å². The van der Waals surface area contributed by atoms with Crippen molar-refractivity contribution >= 4 is 5.78 Å². The first-order valence-electron chi connectivity index (χ1n) is 12.2. The van der Waals surface area contributed by atoms with Crippen LogP contribution >= 0.6 is 0 Å². The summed E-state index contributed by atoms with van der Waals surface area (Å²) < 4.78 is 5.72. The van der Waals surface area contributed by atoms with Crippen molar-refractivity contribution in [3.63, 3.8) is 0 Å². The molecule has 1 N–H and O–H groups in total. The molecule has 162 valence electrons. The fourth-order valence-electron chi connectivity index (χ4n) is 8.43. The molecule has 1 unspecified atom stereocenters. The lowest BCUT2D eigenvalue weighted by molar-refractivity contribution is -0.128. The summed E-state index contributed by atoms with van der Waals surface area (Å²) in [5, 5.41) is 10.6. The van der Waals surface area contributed by atoms with E-state index in [0.29, 0.717) is 35.8 Å². The summed E-state index contributed by atoms with van der Waals surface area (Å²) in [6.45, 7) is 6.28. The molecule has 4 nitrogen and oxygen atoms in total. The van der Waals surface area contributed by atoms with Crippen molar-refractivity contribution in [3.8, 4) is 0 Å². The molecule has 6 rings (SSSR count). The van der Waals surface area contributed by atoms with Crippen molar-refractivity contribution in [3.05, 3.63) is 29.0 Å². The minimum absolute atomic E-state index is 0.134. The molecule has 30 heavy (non-hydrogen) atoms. The predicted octanol–water partition coefficient (Wildman–Crippen LogP) is 4.95. The van der Waals surface area contributed by atoms with E-state index >= 15 is 0 Å². The van der Waals surface area contributed by atoms with Gasteiger partial charge in [0.2, 0.25) is 5.89 Å². The Morgan fingerprint density at radius 1 is 1.20 bits per heavy atom. The smallest absolute Gasteiger partial charge is 0.202 e. The van der Waals surface area contributed by atoms with Crippen LogP contribution in [0.25, 0.3) is 0 Å². The normalized spacial score (nSPS) is 46.3. The van der Waals surface area contributed by atoms with Gasteiger partial charge in [0, 0.05) is 11.8 Å². The third-order valence-corrected chi connectivity index (χ3v) is 10.2. The van der Waals surface area contributed by atoms with E-state index in [4.69, 9.17) is 4.42 Å². The third-order valence-electron chi connectivity index (χ3n) is 10.2. The van der Waals surface area contributed by atoms with Gasteiger partial charge in [-0.2, -0.15) is 0 Å². The zero-order valence-corrected chi connectivity index (χ0v) is 18.6. The summed E-state index contributed by atoms with van der Waals surface area (Å²) in [4.78, 5) is 17.8. The van der Waals surface area contributed by atoms with Gasteiger partial charge in [-0.25, -0.2) is 4.98 Å². The molecule has 0 spiro atoms. The lowest BCUT2D eigenvalue weighted by atomic mass is 9.51. The van der Waals surface area contributed by atoms with E-state index in [1.807, 2.05) is 13.8 Å². The van der Waals surface area contributed by atoms with E-state index in [2.05, 4.69) is 18.0 Å². The van der Waals surface area contributed by atoms with Crippen LogP contribution in [0, 0.1) is 54.8 Å². The lowest BCUT2D eigenvalue weighted by Gasteiger charge is -2.53. The van der Waals surface area contributed by atoms with Crippen molar-refractivity contribution in [2.75, 3.05) is 0 Å². The van der Waals surface area contributed by atoms with E-state index in [1.54, 1.807) is 5.57 Å². The molecule has 1 aromatic heterocycles. The molecule has 0 aromatic carbocycles. The molecule has 0 amide bonds. The van der Waals surface area contributed by atoms with Crippen LogP contribution in [0.1, 0.15) is 75.6 Å². The van der Waals surface area contributed by atoms with Crippen LogP contribution in [-0.4, -0.2) is 21.5 Å². The van der Waals surface area contributed by atoms with Gasteiger partial charge in [0.15, 0.2) is 0 Å². The van der Waals surface area contributed by atoms with Crippen molar-refractivity contribution in [2.45, 2.75) is 84.2 Å². The number of aromatic nitrogens is 1. The van der Waals surface area contributed by atoms with Crippen molar-refractivity contribution < 1.29 is 14.3 Å². The van der Waals surface area contributed by atoms with Crippen molar-refractivity contribution in [1.82, 2.24) is 4.98 Å². The number of rotatable bonds is 3.